The molecular formula is C9H13NO3S. The van der Waals surface area contributed by atoms with Crippen molar-refractivity contribution in [3.63, 3.8) is 0 Å². The maximum absolute atomic E-state index is 11.3. The van der Waals surface area contributed by atoms with E-state index in [0.717, 1.165) is 11.3 Å². The van der Waals surface area contributed by atoms with Crippen LogP contribution in [-0.4, -0.2) is 24.7 Å². The molecule has 0 radical (unpaired) electrons. The maximum atomic E-state index is 11.3. The lowest BCUT2D eigenvalue weighted by atomic mass is 9.99. The Morgan fingerprint density at radius 3 is 2.79 bits per heavy atom. The largest absolute Gasteiger partial charge is 0.465 e. The molecule has 1 amide bonds. The van der Waals surface area contributed by atoms with E-state index >= 15 is 0 Å². The molecule has 2 N–H and O–H groups in total. The second-order valence-electron chi connectivity index (χ2n) is 3.20. The highest BCUT2D eigenvalue weighted by molar-refractivity contribution is 8.04. The monoisotopic (exact) mass is 215 g/mol. The number of methoxy groups -OCH3 is 1. The van der Waals surface area contributed by atoms with Crippen LogP contribution in [-0.2, 0) is 14.3 Å². The molecule has 0 saturated heterocycles. The van der Waals surface area contributed by atoms with Crippen LogP contribution in [0.15, 0.2) is 10.5 Å². The lowest BCUT2D eigenvalue weighted by molar-refractivity contribution is -0.135. The molecule has 0 aliphatic carbocycles. The van der Waals surface area contributed by atoms with Crippen LogP contribution in [0.1, 0.15) is 13.3 Å². The third kappa shape index (κ3) is 2.29. The molecule has 0 saturated carbocycles. The first-order valence-electron chi connectivity index (χ1n) is 4.28. The van der Waals surface area contributed by atoms with Gasteiger partial charge >= 0.3 is 5.97 Å². The topological polar surface area (TPSA) is 69.4 Å². The third-order valence-electron chi connectivity index (χ3n) is 2.10. The Balaban J connectivity index is 2.90. The van der Waals surface area contributed by atoms with E-state index in [9.17, 15) is 9.59 Å². The van der Waals surface area contributed by atoms with E-state index in [4.69, 9.17) is 5.73 Å². The fourth-order valence-corrected chi connectivity index (χ4v) is 2.63. The van der Waals surface area contributed by atoms with Gasteiger partial charge in [0.2, 0.25) is 5.91 Å². The molecule has 5 heteroatoms. The van der Waals surface area contributed by atoms with Gasteiger partial charge in [-0.15, -0.1) is 11.8 Å². The second kappa shape index (κ2) is 4.50. The van der Waals surface area contributed by atoms with Crippen molar-refractivity contribution < 1.29 is 14.3 Å². The summed E-state index contributed by atoms with van der Waals surface area (Å²) in [4.78, 5) is 22.6. The summed E-state index contributed by atoms with van der Waals surface area (Å²) in [5, 5.41) is 0. The number of hydrogen-bond acceptors (Lipinski definition) is 4. The molecule has 1 aliphatic heterocycles. The normalized spacial score (nSPS) is 21.1. The van der Waals surface area contributed by atoms with Crippen LogP contribution in [0.5, 0.6) is 0 Å². The highest BCUT2D eigenvalue weighted by Crippen LogP contribution is 2.37. The summed E-state index contributed by atoms with van der Waals surface area (Å²) in [7, 11) is 1.33. The summed E-state index contributed by atoms with van der Waals surface area (Å²) < 4.78 is 4.62. The molecule has 0 aromatic rings. The zero-order valence-corrected chi connectivity index (χ0v) is 9.02. The predicted octanol–water partition coefficient (Wildman–Crippen LogP) is 0.672. The van der Waals surface area contributed by atoms with Crippen LogP contribution in [0.4, 0.5) is 0 Å². The Kier molecular flexibility index (Phi) is 3.57. The summed E-state index contributed by atoms with van der Waals surface area (Å²) in [6.45, 7) is 1.97. The van der Waals surface area contributed by atoms with Gasteiger partial charge in [-0.1, -0.05) is 6.92 Å². The van der Waals surface area contributed by atoms with Gasteiger partial charge in [0, 0.05) is 12.2 Å². The molecule has 1 aliphatic rings. The number of amides is 1. The van der Waals surface area contributed by atoms with Crippen molar-refractivity contribution in [3.8, 4) is 0 Å². The number of thioether (sulfide) groups is 1. The molecule has 4 nitrogen and oxygen atoms in total. The number of ether oxygens (including phenoxy) is 1. The van der Waals surface area contributed by atoms with E-state index in [2.05, 4.69) is 4.74 Å². The molecule has 1 heterocycles. The number of primary amides is 1. The SMILES string of the molecule is COC(=O)C1=C(CC(N)=O)C(C)CS1. The molecule has 0 aromatic heterocycles. The number of carbonyl (C=O) groups excluding carboxylic acids is 2. The second-order valence-corrected chi connectivity index (χ2v) is 4.23. The van der Waals surface area contributed by atoms with Gasteiger partial charge in [0.1, 0.15) is 0 Å². The Labute approximate surface area is 86.9 Å². The van der Waals surface area contributed by atoms with Gasteiger partial charge in [-0.2, -0.15) is 0 Å². The molecule has 78 valence electrons. The highest BCUT2D eigenvalue weighted by atomic mass is 32.2. The molecule has 0 bridgehead atoms. The third-order valence-corrected chi connectivity index (χ3v) is 3.48. The van der Waals surface area contributed by atoms with Gasteiger partial charge < -0.3 is 10.5 Å². The average Bonchev–Trinajstić information content (AvgIpc) is 2.46. The minimum absolute atomic E-state index is 0.151. The lowest BCUT2D eigenvalue weighted by Gasteiger charge is -2.06. The van der Waals surface area contributed by atoms with Crippen molar-refractivity contribution in [3.05, 3.63) is 10.5 Å². The van der Waals surface area contributed by atoms with Gasteiger partial charge in [-0.3, -0.25) is 4.79 Å². The zero-order chi connectivity index (χ0) is 10.7. The van der Waals surface area contributed by atoms with Crippen molar-refractivity contribution in [2.75, 3.05) is 12.9 Å². The first-order valence-corrected chi connectivity index (χ1v) is 5.27. The predicted molar refractivity (Wildman–Crippen MR) is 54.5 cm³/mol. The molecular weight excluding hydrogens is 202 g/mol. The van der Waals surface area contributed by atoms with Crippen molar-refractivity contribution in [2.45, 2.75) is 13.3 Å². The summed E-state index contributed by atoms with van der Waals surface area (Å²) in [6, 6.07) is 0. The van der Waals surface area contributed by atoms with Gasteiger partial charge in [-0.25, -0.2) is 4.79 Å². The molecule has 14 heavy (non-hydrogen) atoms. The van der Waals surface area contributed by atoms with Crippen molar-refractivity contribution in [1.29, 1.82) is 0 Å². The van der Waals surface area contributed by atoms with Gasteiger partial charge in [0.05, 0.1) is 12.0 Å². The number of nitrogens with two attached hydrogens (primary N) is 1. The van der Waals surface area contributed by atoms with E-state index in [-0.39, 0.29) is 18.3 Å². The van der Waals surface area contributed by atoms with Crippen LogP contribution < -0.4 is 5.73 Å². The Bertz CT molecular complexity index is 298. The fraction of sp³-hybridized carbons (Fsp3) is 0.556. The smallest absolute Gasteiger partial charge is 0.344 e. The molecule has 0 spiro atoms. The van der Waals surface area contributed by atoms with Crippen LogP contribution >= 0.6 is 11.8 Å². The quantitative estimate of drug-likeness (QED) is 0.702. The first kappa shape index (κ1) is 11.1. The first-order chi connectivity index (χ1) is 6.56. The van der Waals surface area contributed by atoms with E-state index in [1.165, 1.54) is 18.9 Å². The number of esters is 1. The summed E-state index contributed by atoms with van der Waals surface area (Å²) >= 11 is 1.43. The Morgan fingerprint density at radius 2 is 2.29 bits per heavy atom. The van der Waals surface area contributed by atoms with Crippen molar-refractivity contribution >= 4 is 23.6 Å². The van der Waals surface area contributed by atoms with Gasteiger partial charge in [0.15, 0.2) is 0 Å². The molecule has 1 atom stereocenters. The van der Waals surface area contributed by atoms with E-state index in [1.807, 2.05) is 6.92 Å². The minimum Gasteiger partial charge on any atom is -0.465 e. The van der Waals surface area contributed by atoms with Crippen LogP contribution in [0.3, 0.4) is 0 Å². The number of rotatable bonds is 3. The van der Waals surface area contributed by atoms with Gasteiger partial charge in [0.25, 0.3) is 0 Å². The number of carbonyl (C=O) groups is 2. The zero-order valence-electron chi connectivity index (χ0n) is 8.20. The van der Waals surface area contributed by atoms with Gasteiger partial charge in [-0.05, 0) is 11.5 Å². The molecule has 0 fully saturated rings. The Hall–Kier alpha value is -0.970. The number of hydrogen-bond donors (Lipinski definition) is 1. The highest BCUT2D eigenvalue weighted by Gasteiger charge is 2.28. The van der Waals surface area contributed by atoms with Crippen LogP contribution in [0.2, 0.25) is 0 Å². The fourth-order valence-electron chi connectivity index (χ4n) is 1.35. The maximum Gasteiger partial charge on any atom is 0.344 e. The summed E-state index contributed by atoms with van der Waals surface area (Å²) in [5.74, 6) is 0.264. The molecule has 1 rings (SSSR count). The average molecular weight is 215 g/mol. The van der Waals surface area contributed by atoms with E-state index in [1.54, 1.807) is 0 Å². The Morgan fingerprint density at radius 1 is 1.64 bits per heavy atom. The lowest BCUT2D eigenvalue weighted by Crippen LogP contribution is -2.15. The minimum atomic E-state index is -0.407. The summed E-state index contributed by atoms with van der Waals surface area (Å²) in [6.07, 6.45) is 0.151. The standard InChI is InChI=1S/C9H13NO3S/c1-5-4-14-8(9(12)13-2)6(5)3-7(10)11/h5H,3-4H2,1-2H3,(H2,10,11). The van der Waals surface area contributed by atoms with E-state index in [0.29, 0.717) is 4.91 Å². The van der Waals surface area contributed by atoms with Crippen molar-refractivity contribution in [1.82, 2.24) is 0 Å². The molecule has 0 aromatic carbocycles. The van der Waals surface area contributed by atoms with E-state index < -0.39 is 5.91 Å². The summed E-state index contributed by atoms with van der Waals surface area (Å²) in [5.41, 5.74) is 5.92. The van der Waals surface area contributed by atoms with Crippen LogP contribution in [0, 0.1) is 5.92 Å². The van der Waals surface area contributed by atoms with Crippen LogP contribution in [0.25, 0.3) is 0 Å². The molecule has 1 unspecified atom stereocenters. The van der Waals surface area contributed by atoms with Crippen molar-refractivity contribution in [2.24, 2.45) is 11.7 Å².